The van der Waals surface area contributed by atoms with Gasteiger partial charge in [-0.25, -0.2) is 4.98 Å². The average molecular weight is 350 g/mol. The van der Waals surface area contributed by atoms with E-state index >= 15 is 0 Å². The van der Waals surface area contributed by atoms with Crippen LogP contribution >= 0.6 is 0 Å². The van der Waals surface area contributed by atoms with Crippen LogP contribution in [-0.2, 0) is 11.3 Å². The van der Waals surface area contributed by atoms with Gasteiger partial charge in [0.15, 0.2) is 0 Å². The molecule has 0 saturated heterocycles. The smallest absolute Gasteiger partial charge is 0.261 e. The maximum absolute atomic E-state index is 12.7. The summed E-state index contributed by atoms with van der Waals surface area (Å²) in [7, 11) is 0. The number of hydrogen-bond donors (Lipinski definition) is 2. The number of aromatic nitrogens is 2. The van der Waals surface area contributed by atoms with E-state index in [1.807, 2.05) is 19.1 Å². The molecule has 1 aromatic carbocycles. The summed E-state index contributed by atoms with van der Waals surface area (Å²) in [5.74, 6) is -1.15. The number of carbonyl (C=O) groups is 2. The first kappa shape index (κ1) is 17.3. The Kier molecular flexibility index (Phi) is 4.53. The Balaban J connectivity index is 2.11. The number of anilines is 1. The van der Waals surface area contributed by atoms with E-state index in [1.54, 1.807) is 31.2 Å². The molecule has 0 aliphatic carbocycles. The number of nitrogens with two attached hydrogens (primary N) is 1. The highest BCUT2D eigenvalue weighted by Crippen LogP contribution is 2.14. The fourth-order valence-electron chi connectivity index (χ4n) is 2.73. The number of aryl methyl sites for hydroxylation is 2. The normalized spacial score (nSPS) is 10.7. The standard InChI is InChI=1S/C19H18N4O3/c1-11-4-3-5-13(8-11)22-19(26)15-9-23(10-16(20)24)18-14(17(15)25)7-6-12(2)21-18/h3-9H,10H2,1-2H3,(H2,20,24)(H,22,26). The Morgan fingerprint density at radius 3 is 2.65 bits per heavy atom. The van der Waals surface area contributed by atoms with Crippen LogP contribution < -0.4 is 16.5 Å². The van der Waals surface area contributed by atoms with Crippen LogP contribution in [0.5, 0.6) is 0 Å². The summed E-state index contributed by atoms with van der Waals surface area (Å²) in [6.45, 7) is 3.49. The molecule has 7 heteroatoms. The number of nitrogens with one attached hydrogen (secondary N) is 1. The lowest BCUT2D eigenvalue weighted by molar-refractivity contribution is -0.118. The first-order chi connectivity index (χ1) is 12.3. The molecule has 0 fully saturated rings. The summed E-state index contributed by atoms with van der Waals surface area (Å²) in [4.78, 5) is 41.1. The second-order valence-electron chi connectivity index (χ2n) is 6.11. The lowest BCUT2D eigenvalue weighted by atomic mass is 10.1. The first-order valence-corrected chi connectivity index (χ1v) is 8.02. The van der Waals surface area contributed by atoms with Crippen LogP contribution in [0.2, 0.25) is 0 Å². The molecule has 26 heavy (non-hydrogen) atoms. The molecule has 3 rings (SSSR count). The minimum absolute atomic E-state index is 0.0779. The molecule has 132 valence electrons. The molecule has 0 spiro atoms. The Labute approximate surface area is 149 Å². The van der Waals surface area contributed by atoms with E-state index in [2.05, 4.69) is 10.3 Å². The zero-order chi connectivity index (χ0) is 18.8. The van der Waals surface area contributed by atoms with Crippen LogP contribution in [0.4, 0.5) is 5.69 Å². The van der Waals surface area contributed by atoms with Crippen molar-refractivity contribution in [3.63, 3.8) is 0 Å². The van der Waals surface area contributed by atoms with Crippen LogP contribution in [-0.4, -0.2) is 21.4 Å². The van der Waals surface area contributed by atoms with Gasteiger partial charge in [-0.1, -0.05) is 12.1 Å². The second-order valence-corrected chi connectivity index (χ2v) is 6.11. The highest BCUT2D eigenvalue weighted by Gasteiger charge is 2.17. The molecule has 0 unspecified atom stereocenters. The summed E-state index contributed by atoms with van der Waals surface area (Å²) in [5.41, 5.74) is 7.34. The molecule has 0 atom stereocenters. The molecule has 2 amide bonds. The van der Waals surface area contributed by atoms with Gasteiger partial charge in [0.25, 0.3) is 5.91 Å². The lowest BCUT2D eigenvalue weighted by Crippen LogP contribution is -2.27. The van der Waals surface area contributed by atoms with Crippen molar-refractivity contribution in [2.45, 2.75) is 20.4 Å². The van der Waals surface area contributed by atoms with Gasteiger partial charge in [0.2, 0.25) is 11.3 Å². The molecule has 0 bridgehead atoms. The van der Waals surface area contributed by atoms with Crippen molar-refractivity contribution in [1.29, 1.82) is 0 Å². The van der Waals surface area contributed by atoms with Gasteiger partial charge in [-0.15, -0.1) is 0 Å². The number of hydrogen-bond acceptors (Lipinski definition) is 4. The Hall–Kier alpha value is -3.48. The second kappa shape index (κ2) is 6.79. The van der Waals surface area contributed by atoms with E-state index in [9.17, 15) is 14.4 Å². The highest BCUT2D eigenvalue weighted by molar-refractivity contribution is 6.05. The third kappa shape index (κ3) is 3.46. The number of primary amides is 1. The van der Waals surface area contributed by atoms with E-state index in [0.29, 0.717) is 17.0 Å². The Morgan fingerprint density at radius 1 is 1.19 bits per heavy atom. The number of carbonyl (C=O) groups excluding carboxylic acids is 2. The predicted molar refractivity (Wildman–Crippen MR) is 99.1 cm³/mol. The van der Waals surface area contributed by atoms with Gasteiger partial charge in [0.05, 0.1) is 5.39 Å². The molecule has 3 N–H and O–H groups in total. The summed E-state index contributed by atoms with van der Waals surface area (Å²) in [6.07, 6.45) is 1.33. The third-order valence-electron chi connectivity index (χ3n) is 3.91. The SMILES string of the molecule is Cc1cccc(NC(=O)c2cn(CC(N)=O)c3nc(C)ccc3c2=O)c1. The van der Waals surface area contributed by atoms with E-state index in [-0.39, 0.29) is 17.5 Å². The predicted octanol–water partition coefficient (Wildman–Crippen LogP) is 1.75. The van der Waals surface area contributed by atoms with Gasteiger partial charge in [0.1, 0.15) is 17.8 Å². The van der Waals surface area contributed by atoms with Crippen molar-refractivity contribution >= 4 is 28.5 Å². The molecule has 2 heterocycles. The lowest BCUT2D eigenvalue weighted by Gasteiger charge is -2.12. The number of nitrogens with zero attached hydrogens (tertiary/aromatic N) is 2. The van der Waals surface area contributed by atoms with Crippen molar-refractivity contribution in [3.05, 3.63) is 69.6 Å². The number of pyridine rings is 2. The molecule has 0 radical (unpaired) electrons. The largest absolute Gasteiger partial charge is 0.368 e. The van der Waals surface area contributed by atoms with Crippen molar-refractivity contribution in [2.75, 3.05) is 5.32 Å². The molecule has 0 aliphatic rings. The molecular weight excluding hydrogens is 332 g/mol. The van der Waals surface area contributed by atoms with Crippen molar-refractivity contribution in [2.24, 2.45) is 5.73 Å². The van der Waals surface area contributed by atoms with Crippen molar-refractivity contribution in [3.8, 4) is 0 Å². The third-order valence-corrected chi connectivity index (χ3v) is 3.91. The molecular formula is C19H18N4O3. The number of amides is 2. The fourth-order valence-corrected chi connectivity index (χ4v) is 2.73. The zero-order valence-electron chi connectivity index (χ0n) is 14.4. The topological polar surface area (TPSA) is 107 Å². The van der Waals surface area contributed by atoms with Crippen LogP contribution in [0.25, 0.3) is 11.0 Å². The van der Waals surface area contributed by atoms with Crippen LogP contribution in [0.1, 0.15) is 21.6 Å². The van der Waals surface area contributed by atoms with E-state index in [0.717, 1.165) is 5.56 Å². The van der Waals surface area contributed by atoms with Crippen LogP contribution in [0, 0.1) is 13.8 Å². The van der Waals surface area contributed by atoms with E-state index < -0.39 is 17.2 Å². The maximum Gasteiger partial charge on any atom is 0.261 e. The van der Waals surface area contributed by atoms with Gasteiger partial charge < -0.3 is 15.6 Å². The number of benzene rings is 1. The Bertz CT molecular complexity index is 1090. The average Bonchev–Trinajstić information content (AvgIpc) is 2.56. The highest BCUT2D eigenvalue weighted by atomic mass is 16.2. The maximum atomic E-state index is 12.7. The van der Waals surface area contributed by atoms with E-state index in [1.165, 1.54) is 10.8 Å². The van der Waals surface area contributed by atoms with Gasteiger partial charge in [-0.05, 0) is 43.7 Å². The summed E-state index contributed by atoms with van der Waals surface area (Å²) in [5, 5.41) is 2.97. The molecule has 0 aliphatic heterocycles. The monoisotopic (exact) mass is 350 g/mol. The van der Waals surface area contributed by atoms with Crippen molar-refractivity contribution < 1.29 is 9.59 Å². The number of fused-ring (bicyclic) bond motifs is 1. The summed E-state index contributed by atoms with van der Waals surface area (Å²) < 4.78 is 1.43. The van der Waals surface area contributed by atoms with Gasteiger partial charge in [-0.2, -0.15) is 0 Å². The zero-order valence-corrected chi connectivity index (χ0v) is 14.4. The molecule has 2 aromatic heterocycles. The quantitative estimate of drug-likeness (QED) is 0.747. The summed E-state index contributed by atoms with van der Waals surface area (Å²) >= 11 is 0. The van der Waals surface area contributed by atoms with Crippen LogP contribution in [0.15, 0.2) is 47.4 Å². The van der Waals surface area contributed by atoms with Gasteiger partial charge in [-0.3, -0.25) is 14.4 Å². The van der Waals surface area contributed by atoms with Crippen molar-refractivity contribution in [1.82, 2.24) is 9.55 Å². The molecule has 7 nitrogen and oxygen atoms in total. The number of rotatable bonds is 4. The molecule has 0 saturated carbocycles. The minimum atomic E-state index is -0.594. The molecule has 3 aromatic rings. The van der Waals surface area contributed by atoms with E-state index in [4.69, 9.17) is 5.73 Å². The summed E-state index contributed by atoms with van der Waals surface area (Å²) in [6, 6.07) is 10.5. The minimum Gasteiger partial charge on any atom is -0.368 e. The fraction of sp³-hybridized carbons (Fsp3) is 0.158. The Morgan fingerprint density at radius 2 is 1.96 bits per heavy atom. The van der Waals surface area contributed by atoms with Gasteiger partial charge >= 0.3 is 0 Å². The first-order valence-electron chi connectivity index (χ1n) is 8.02. The van der Waals surface area contributed by atoms with Crippen LogP contribution in [0.3, 0.4) is 0 Å². The van der Waals surface area contributed by atoms with Gasteiger partial charge in [0, 0.05) is 17.6 Å².